The van der Waals surface area contributed by atoms with Crippen molar-refractivity contribution in [1.29, 1.82) is 0 Å². The van der Waals surface area contributed by atoms with Gasteiger partial charge in [0.05, 0.1) is 11.9 Å². The summed E-state index contributed by atoms with van der Waals surface area (Å²) in [6.07, 6.45) is 2.75. The second-order valence-corrected chi connectivity index (χ2v) is 4.50. The fraction of sp³-hybridized carbons (Fsp3) is 0. The zero-order chi connectivity index (χ0) is 14.7. The van der Waals surface area contributed by atoms with Gasteiger partial charge in [0.2, 0.25) is 0 Å². The minimum absolute atomic E-state index is 0.290. The Morgan fingerprint density at radius 2 is 1.57 bits per heavy atom. The van der Waals surface area contributed by atoms with Gasteiger partial charge in [-0.15, -0.1) is 0 Å². The van der Waals surface area contributed by atoms with Gasteiger partial charge in [-0.2, -0.15) is 0 Å². The molecule has 103 valence electrons. The molecule has 0 atom stereocenters. The number of hydrogen-bond donors (Lipinski definition) is 1. The monoisotopic (exact) mass is 279 g/mol. The highest BCUT2D eigenvalue weighted by molar-refractivity contribution is 5.63. The molecule has 2 aromatic carbocycles. The summed E-state index contributed by atoms with van der Waals surface area (Å²) < 4.78 is 18.5. The fourth-order valence-corrected chi connectivity index (χ4v) is 1.89. The summed E-state index contributed by atoms with van der Waals surface area (Å²) in [5.41, 5.74) is 8.01. The van der Waals surface area contributed by atoms with Crippen molar-refractivity contribution in [3.8, 4) is 22.8 Å². The Balaban J connectivity index is 1.79. The summed E-state index contributed by atoms with van der Waals surface area (Å²) >= 11 is 0. The molecule has 0 spiro atoms. The molecule has 0 bridgehead atoms. The molecule has 3 aromatic rings. The van der Waals surface area contributed by atoms with E-state index in [1.54, 1.807) is 24.3 Å². The van der Waals surface area contributed by atoms with Crippen LogP contribution in [0.25, 0.3) is 11.3 Å². The summed E-state index contributed by atoms with van der Waals surface area (Å²) in [5, 5.41) is 0. The summed E-state index contributed by atoms with van der Waals surface area (Å²) in [6.45, 7) is 0. The van der Waals surface area contributed by atoms with Gasteiger partial charge in [0.15, 0.2) is 0 Å². The van der Waals surface area contributed by atoms with Crippen molar-refractivity contribution in [2.24, 2.45) is 0 Å². The summed E-state index contributed by atoms with van der Waals surface area (Å²) in [7, 11) is 0. The number of aromatic nitrogens is 1. The van der Waals surface area contributed by atoms with Crippen molar-refractivity contribution in [2.75, 3.05) is 5.73 Å². The van der Waals surface area contributed by atoms with Crippen LogP contribution in [0.15, 0.2) is 60.7 Å². The van der Waals surface area contributed by atoms with Gasteiger partial charge in [0, 0.05) is 11.3 Å². The lowest BCUT2D eigenvalue weighted by Gasteiger charge is -2.07. The third kappa shape index (κ3) is 3.17. The summed E-state index contributed by atoms with van der Waals surface area (Å²) in [6, 6.07) is 16.7. The minimum Gasteiger partial charge on any atom is -0.457 e. The number of pyridine rings is 1. The Morgan fingerprint density at radius 3 is 2.19 bits per heavy atom. The zero-order valence-electron chi connectivity index (χ0n) is 11.1. The van der Waals surface area contributed by atoms with Gasteiger partial charge < -0.3 is 10.5 Å². The lowest BCUT2D eigenvalue weighted by molar-refractivity contribution is 0.480. The highest BCUT2D eigenvalue weighted by atomic mass is 19.1. The van der Waals surface area contributed by atoms with Crippen LogP contribution < -0.4 is 10.5 Å². The molecule has 1 heterocycles. The summed E-state index contributed by atoms with van der Waals surface area (Å²) in [4.78, 5) is 4.15. The first kappa shape index (κ1) is 13.1. The van der Waals surface area contributed by atoms with Crippen molar-refractivity contribution >= 4 is 5.69 Å². The molecule has 0 aliphatic carbocycles. The first-order valence-electron chi connectivity index (χ1n) is 6.38. The maximum Gasteiger partial charge on any atom is 0.127 e. The SMILES string of the molecule is Nc1c[c]nc(-c2ccc(Oc3ccc(F)cc3)cc2)c1. The quantitative estimate of drug-likeness (QED) is 0.786. The number of ether oxygens (including phenoxy) is 1. The fourth-order valence-electron chi connectivity index (χ4n) is 1.89. The maximum absolute atomic E-state index is 12.8. The summed E-state index contributed by atoms with van der Waals surface area (Å²) in [5.74, 6) is 0.958. The predicted octanol–water partition coefficient (Wildman–Crippen LogP) is 4.06. The number of nitrogens with zero attached hydrogens (tertiary/aromatic N) is 1. The average Bonchev–Trinajstić information content (AvgIpc) is 2.50. The van der Waals surface area contributed by atoms with Crippen LogP contribution in [-0.4, -0.2) is 4.98 Å². The number of rotatable bonds is 3. The van der Waals surface area contributed by atoms with E-state index in [9.17, 15) is 4.39 Å². The highest BCUT2D eigenvalue weighted by Gasteiger charge is 2.02. The normalized spacial score (nSPS) is 10.3. The Kier molecular flexibility index (Phi) is 3.51. The van der Waals surface area contributed by atoms with Crippen LogP contribution in [0.1, 0.15) is 0 Å². The number of anilines is 1. The molecular formula is C17H12FN2O. The Bertz CT molecular complexity index is 739. The van der Waals surface area contributed by atoms with Crippen LogP contribution in [0.4, 0.5) is 10.1 Å². The van der Waals surface area contributed by atoms with E-state index >= 15 is 0 Å². The van der Waals surface area contributed by atoms with Crippen molar-refractivity contribution in [3.63, 3.8) is 0 Å². The van der Waals surface area contributed by atoms with E-state index in [1.807, 2.05) is 24.3 Å². The third-order valence-electron chi connectivity index (χ3n) is 2.92. The molecule has 0 saturated carbocycles. The van der Waals surface area contributed by atoms with E-state index in [0.29, 0.717) is 17.2 Å². The van der Waals surface area contributed by atoms with E-state index in [-0.39, 0.29) is 5.82 Å². The smallest absolute Gasteiger partial charge is 0.127 e. The molecule has 1 radical (unpaired) electrons. The lowest BCUT2D eigenvalue weighted by atomic mass is 10.1. The predicted molar refractivity (Wildman–Crippen MR) is 79.4 cm³/mol. The molecule has 0 unspecified atom stereocenters. The van der Waals surface area contributed by atoms with Gasteiger partial charge in [-0.1, -0.05) is 0 Å². The van der Waals surface area contributed by atoms with Gasteiger partial charge >= 0.3 is 0 Å². The number of halogens is 1. The Morgan fingerprint density at radius 1 is 0.952 bits per heavy atom. The van der Waals surface area contributed by atoms with Crippen LogP contribution in [0, 0.1) is 12.0 Å². The molecule has 0 amide bonds. The first-order valence-corrected chi connectivity index (χ1v) is 6.38. The largest absolute Gasteiger partial charge is 0.457 e. The molecule has 21 heavy (non-hydrogen) atoms. The van der Waals surface area contributed by atoms with Gasteiger partial charge in [-0.3, -0.25) is 0 Å². The topological polar surface area (TPSA) is 48.1 Å². The maximum atomic E-state index is 12.8. The number of nitrogen functional groups attached to an aromatic ring is 1. The number of hydrogen-bond acceptors (Lipinski definition) is 3. The lowest BCUT2D eigenvalue weighted by Crippen LogP contribution is -1.89. The second-order valence-electron chi connectivity index (χ2n) is 4.50. The highest BCUT2D eigenvalue weighted by Crippen LogP contribution is 2.25. The van der Waals surface area contributed by atoms with E-state index in [1.165, 1.54) is 12.1 Å². The number of benzene rings is 2. The van der Waals surface area contributed by atoms with Crippen LogP contribution in [0.3, 0.4) is 0 Å². The molecule has 1 aromatic heterocycles. The third-order valence-corrected chi connectivity index (χ3v) is 2.92. The number of nitrogens with two attached hydrogens (primary N) is 1. The molecule has 4 heteroatoms. The van der Waals surface area contributed by atoms with Crippen molar-refractivity contribution < 1.29 is 9.13 Å². The Hall–Kier alpha value is -2.88. The van der Waals surface area contributed by atoms with E-state index in [4.69, 9.17) is 10.5 Å². The second kappa shape index (κ2) is 5.63. The van der Waals surface area contributed by atoms with Crippen molar-refractivity contribution in [3.05, 3.63) is 72.7 Å². The van der Waals surface area contributed by atoms with E-state index < -0.39 is 0 Å². The van der Waals surface area contributed by atoms with Crippen LogP contribution in [-0.2, 0) is 0 Å². The van der Waals surface area contributed by atoms with Gasteiger partial charge in [0.1, 0.15) is 17.3 Å². The van der Waals surface area contributed by atoms with E-state index in [0.717, 1.165) is 11.3 Å². The molecule has 0 aliphatic heterocycles. The van der Waals surface area contributed by atoms with Gasteiger partial charge in [-0.05, 0) is 60.7 Å². The van der Waals surface area contributed by atoms with Crippen LogP contribution in [0.5, 0.6) is 11.5 Å². The zero-order valence-corrected chi connectivity index (χ0v) is 11.1. The molecule has 0 aliphatic rings. The molecule has 0 fully saturated rings. The Labute approximate surface area is 121 Å². The molecule has 3 nitrogen and oxygen atoms in total. The van der Waals surface area contributed by atoms with Crippen molar-refractivity contribution in [1.82, 2.24) is 4.98 Å². The van der Waals surface area contributed by atoms with Gasteiger partial charge in [-0.25, -0.2) is 9.37 Å². The van der Waals surface area contributed by atoms with E-state index in [2.05, 4.69) is 11.2 Å². The van der Waals surface area contributed by atoms with Crippen LogP contribution in [0.2, 0.25) is 0 Å². The molecule has 0 saturated heterocycles. The molecule has 2 N–H and O–H groups in total. The van der Waals surface area contributed by atoms with Crippen molar-refractivity contribution in [2.45, 2.75) is 0 Å². The van der Waals surface area contributed by atoms with Crippen LogP contribution >= 0.6 is 0 Å². The molecule has 3 rings (SSSR count). The molecular weight excluding hydrogens is 267 g/mol. The minimum atomic E-state index is -0.290. The average molecular weight is 279 g/mol. The standard InChI is InChI=1S/C17H12FN2O/c18-13-3-7-16(8-4-13)21-15-5-1-12(2-6-15)17-11-14(19)9-10-20-17/h1-9,11H,(H2,19,20). The first-order chi connectivity index (χ1) is 10.2. The van der Waals surface area contributed by atoms with Gasteiger partial charge in [0.25, 0.3) is 0 Å².